The fraction of sp³-hybridized carbons (Fsp3) is 0.667. The van der Waals surface area contributed by atoms with E-state index in [4.69, 9.17) is 9.84 Å². The van der Waals surface area contributed by atoms with E-state index in [2.05, 4.69) is 19.6 Å². The van der Waals surface area contributed by atoms with Crippen LogP contribution in [0.15, 0.2) is 23.8 Å². The first-order valence-electron chi connectivity index (χ1n) is 6.89. The van der Waals surface area contributed by atoms with E-state index in [1.54, 1.807) is 6.92 Å². The Balaban J connectivity index is 2.20. The molecule has 1 aliphatic heterocycles. The van der Waals surface area contributed by atoms with Gasteiger partial charge in [0, 0.05) is 0 Å². The Bertz CT molecular complexity index is 455. The summed E-state index contributed by atoms with van der Waals surface area (Å²) in [6.07, 6.45) is 1.24. The van der Waals surface area contributed by atoms with Gasteiger partial charge in [0.15, 0.2) is 0 Å². The molecular weight excluding hydrogens is 260 g/mol. The summed E-state index contributed by atoms with van der Waals surface area (Å²) in [4.78, 5) is 11.0. The minimum Gasteiger partial charge on any atom is -0.478 e. The maximum absolute atomic E-state index is 11.0. The molecule has 20 heavy (non-hydrogen) atoms. The van der Waals surface area contributed by atoms with Gasteiger partial charge in [-0.1, -0.05) is 18.2 Å². The highest BCUT2D eigenvalue weighted by Gasteiger charge is 2.56. The highest BCUT2D eigenvalue weighted by molar-refractivity contribution is 5.87. The van der Waals surface area contributed by atoms with Crippen molar-refractivity contribution in [3.05, 3.63) is 23.8 Å². The van der Waals surface area contributed by atoms with Gasteiger partial charge in [-0.25, -0.2) is 4.79 Å². The molecule has 0 spiro atoms. The summed E-state index contributed by atoms with van der Waals surface area (Å²) in [5, 5.41) is 29.4. The minimum atomic E-state index is -1.25. The summed E-state index contributed by atoms with van der Waals surface area (Å²) in [6.45, 7) is 7.25. The van der Waals surface area contributed by atoms with Crippen LogP contribution in [0.3, 0.4) is 0 Å². The summed E-state index contributed by atoms with van der Waals surface area (Å²) < 4.78 is 5.76. The molecule has 2 aliphatic rings. The molecule has 3 N–H and O–H groups in total. The third kappa shape index (κ3) is 2.41. The van der Waals surface area contributed by atoms with E-state index in [1.807, 2.05) is 0 Å². The van der Waals surface area contributed by atoms with Gasteiger partial charge in [0.1, 0.15) is 18.3 Å². The summed E-state index contributed by atoms with van der Waals surface area (Å²) in [5.41, 5.74) is 0.145. The molecule has 0 saturated carbocycles. The average Bonchev–Trinajstić information content (AvgIpc) is 2.64. The first-order chi connectivity index (χ1) is 9.27. The molecule has 2 rings (SSSR count). The lowest BCUT2D eigenvalue weighted by molar-refractivity contribution is -0.136. The Kier molecular flexibility index (Phi) is 4.04. The van der Waals surface area contributed by atoms with Gasteiger partial charge in [-0.2, -0.15) is 0 Å². The third-order valence-corrected chi connectivity index (χ3v) is 4.67. The van der Waals surface area contributed by atoms with Crippen LogP contribution < -0.4 is 0 Å². The predicted molar refractivity (Wildman–Crippen MR) is 73.2 cm³/mol. The molecule has 0 aromatic carbocycles. The maximum Gasteiger partial charge on any atom is 0.333 e. The Morgan fingerprint density at radius 3 is 2.65 bits per heavy atom. The average molecular weight is 282 g/mol. The fourth-order valence-corrected chi connectivity index (χ4v) is 3.14. The lowest BCUT2D eigenvalue weighted by atomic mass is 9.75. The zero-order valence-electron chi connectivity index (χ0n) is 11.9. The number of aliphatic hydroxyl groups is 2. The Hall–Kier alpha value is -1.17. The number of hydrogen-bond acceptors (Lipinski definition) is 4. The van der Waals surface area contributed by atoms with Gasteiger partial charge in [0.2, 0.25) is 0 Å². The highest BCUT2D eigenvalue weighted by Crippen LogP contribution is 2.44. The standard InChI is InChI=1S/C15H22O5/c1-8-4-6-10(7-5-8)15(3)13(17)11(16)12(20-15)9(2)14(18)19/h4,10-13,16-17H,2,5-7H2,1,3H3,(H,18,19)/t10-,11-,12-,13-,15+/m1/s1. The van der Waals surface area contributed by atoms with Gasteiger partial charge in [0.25, 0.3) is 0 Å². The van der Waals surface area contributed by atoms with E-state index in [0.29, 0.717) is 0 Å². The summed E-state index contributed by atoms with van der Waals surface area (Å²) in [7, 11) is 0. The SMILES string of the molecule is C=C(C(=O)O)[C@H]1O[C@@](C)([C@@H]2CC=C(C)CC2)[C@H](O)[C@@H]1O. The van der Waals surface area contributed by atoms with Crippen LogP contribution in [0.25, 0.3) is 0 Å². The molecule has 1 heterocycles. The van der Waals surface area contributed by atoms with Crippen molar-refractivity contribution in [1.29, 1.82) is 0 Å². The van der Waals surface area contributed by atoms with Crippen molar-refractivity contribution in [3.63, 3.8) is 0 Å². The zero-order valence-corrected chi connectivity index (χ0v) is 11.9. The third-order valence-electron chi connectivity index (χ3n) is 4.67. The number of rotatable bonds is 3. The van der Waals surface area contributed by atoms with Gasteiger partial charge < -0.3 is 20.1 Å². The topological polar surface area (TPSA) is 87.0 Å². The van der Waals surface area contributed by atoms with Gasteiger partial charge in [-0.3, -0.25) is 0 Å². The van der Waals surface area contributed by atoms with Gasteiger partial charge in [-0.05, 0) is 39.0 Å². The Morgan fingerprint density at radius 2 is 2.15 bits per heavy atom. The number of aliphatic carboxylic acids is 1. The smallest absolute Gasteiger partial charge is 0.333 e. The normalized spacial score (nSPS) is 41.3. The second-order valence-corrected chi connectivity index (χ2v) is 6.01. The monoisotopic (exact) mass is 282 g/mol. The van der Waals surface area contributed by atoms with Crippen molar-refractivity contribution in [2.75, 3.05) is 0 Å². The Labute approximate surface area is 118 Å². The van der Waals surface area contributed by atoms with Crippen molar-refractivity contribution in [2.24, 2.45) is 5.92 Å². The zero-order chi connectivity index (χ0) is 15.1. The number of allylic oxidation sites excluding steroid dienone is 2. The van der Waals surface area contributed by atoms with Crippen LogP contribution in [0.4, 0.5) is 0 Å². The van der Waals surface area contributed by atoms with Crippen LogP contribution in [-0.2, 0) is 9.53 Å². The molecule has 0 radical (unpaired) electrons. The van der Waals surface area contributed by atoms with Crippen molar-refractivity contribution in [1.82, 2.24) is 0 Å². The van der Waals surface area contributed by atoms with E-state index < -0.39 is 29.9 Å². The van der Waals surface area contributed by atoms with E-state index in [9.17, 15) is 15.0 Å². The lowest BCUT2D eigenvalue weighted by Crippen LogP contribution is -2.47. The predicted octanol–water partition coefficient (Wildman–Crippen LogP) is 1.25. The van der Waals surface area contributed by atoms with Crippen LogP contribution in [0.1, 0.15) is 33.1 Å². The van der Waals surface area contributed by atoms with Gasteiger partial charge in [0.05, 0.1) is 11.2 Å². The van der Waals surface area contributed by atoms with Crippen molar-refractivity contribution >= 4 is 5.97 Å². The first-order valence-corrected chi connectivity index (χ1v) is 6.89. The van der Waals surface area contributed by atoms with Crippen LogP contribution in [0, 0.1) is 5.92 Å². The lowest BCUT2D eigenvalue weighted by Gasteiger charge is -2.38. The Morgan fingerprint density at radius 1 is 1.50 bits per heavy atom. The molecule has 112 valence electrons. The van der Waals surface area contributed by atoms with E-state index in [1.165, 1.54) is 5.57 Å². The second kappa shape index (κ2) is 5.31. The quantitative estimate of drug-likeness (QED) is 0.536. The molecule has 5 atom stereocenters. The molecule has 0 amide bonds. The summed E-state index contributed by atoms with van der Waals surface area (Å²) >= 11 is 0. The summed E-state index contributed by atoms with van der Waals surface area (Å²) in [5.74, 6) is -1.16. The number of carbonyl (C=O) groups is 1. The molecular formula is C15H22O5. The maximum atomic E-state index is 11.0. The van der Waals surface area contributed by atoms with Crippen molar-refractivity contribution in [3.8, 4) is 0 Å². The number of hydrogen-bond donors (Lipinski definition) is 3. The number of aliphatic hydroxyl groups excluding tert-OH is 2. The molecule has 1 saturated heterocycles. The molecule has 0 aromatic heterocycles. The molecule has 1 fully saturated rings. The minimum absolute atomic E-state index is 0.0578. The second-order valence-electron chi connectivity index (χ2n) is 6.01. The number of carboxylic acid groups (broad SMARTS) is 1. The van der Waals surface area contributed by atoms with Crippen LogP contribution in [-0.4, -0.2) is 45.2 Å². The van der Waals surface area contributed by atoms with Crippen LogP contribution in [0.2, 0.25) is 0 Å². The molecule has 5 heteroatoms. The molecule has 1 aliphatic carbocycles. The van der Waals surface area contributed by atoms with Gasteiger partial charge >= 0.3 is 5.97 Å². The molecule has 0 unspecified atom stereocenters. The van der Waals surface area contributed by atoms with E-state index in [0.717, 1.165) is 19.3 Å². The summed E-state index contributed by atoms with van der Waals surface area (Å²) in [6, 6.07) is 0. The largest absolute Gasteiger partial charge is 0.478 e. The molecule has 0 aromatic rings. The fourth-order valence-electron chi connectivity index (χ4n) is 3.14. The van der Waals surface area contributed by atoms with Crippen LogP contribution >= 0.6 is 0 Å². The first kappa shape index (κ1) is 15.2. The molecule has 0 bridgehead atoms. The van der Waals surface area contributed by atoms with Gasteiger partial charge in [-0.15, -0.1) is 0 Å². The van der Waals surface area contributed by atoms with Crippen LogP contribution in [0.5, 0.6) is 0 Å². The highest BCUT2D eigenvalue weighted by atomic mass is 16.6. The van der Waals surface area contributed by atoms with E-state index in [-0.39, 0.29) is 11.5 Å². The molecule has 5 nitrogen and oxygen atoms in total. The number of ether oxygens (including phenoxy) is 1. The van der Waals surface area contributed by atoms with E-state index >= 15 is 0 Å². The van der Waals surface area contributed by atoms with Crippen molar-refractivity contribution < 1.29 is 24.9 Å². The van der Waals surface area contributed by atoms with Crippen molar-refractivity contribution in [2.45, 2.75) is 57.0 Å². The number of carboxylic acids is 1.